The zero-order valence-electron chi connectivity index (χ0n) is 8.06. The highest BCUT2D eigenvalue weighted by atomic mass is 32.2. The van der Waals surface area contributed by atoms with Crippen molar-refractivity contribution in [3.8, 4) is 0 Å². The van der Waals surface area contributed by atoms with Gasteiger partial charge in [0.2, 0.25) is 5.91 Å². The fourth-order valence-corrected chi connectivity index (χ4v) is 4.29. The number of nitrogens with two attached hydrogens (primary N) is 1. The quantitative estimate of drug-likeness (QED) is 0.557. The summed E-state index contributed by atoms with van der Waals surface area (Å²) in [5.74, 6) is 0.144. The lowest BCUT2D eigenvalue weighted by Gasteiger charge is -2.46. The summed E-state index contributed by atoms with van der Waals surface area (Å²) in [4.78, 5) is 13.0. The van der Waals surface area contributed by atoms with Crippen molar-refractivity contribution >= 4 is 15.7 Å². The second kappa shape index (κ2) is 2.70. The minimum Gasteiger partial charge on any atom is -0.333 e. The predicted octanol–water partition coefficient (Wildman–Crippen LogP) is -1.27. The van der Waals surface area contributed by atoms with E-state index in [9.17, 15) is 13.2 Å². The van der Waals surface area contributed by atoms with Crippen LogP contribution in [0.1, 0.15) is 13.3 Å². The van der Waals surface area contributed by atoms with E-state index in [2.05, 4.69) is 0 Å². The Morgan fingerprint density at radius 3 is 2.57 bits per heavy atom. The molecule has 0 aromatic carbocycles. The molecule has 2 aliphatic rings. The number of carbonyl (C=O) groups excluding carboxylic acids is 1. The molecule has 0 aromatic heterocycles. The number of hydrogen-bond acceptors (Lipinski definition) is 4. The minimum atomic E-state index is -2.95. The number of rotatable bonds is 1. The van der Waals surface area contributed by atoms with E-state index in [4.69, 9.17) is 5.73 Å². The average Bonchev–Trinajstić information content (AvgIpc) is 2.36. The monoisotopic (exact) mass is 218 g/mol. The van der Waals surface area contributed by atoms with E-state index in [1.165, 1.54) is 0 Å². The Labute approximate surface area is 83.2 Å². The van der Waals surface area contributed by atoms with Gasteiger partial charge in [-0.25, -0.2) is 8.42 Å². The van der Waals surface area contributed by atoms with Crippen molar-refractivity contribution < 1.29 is 13.2 Å². The first-order valence-electron chi connectivity index (χ1n) is 4.62. The van der Waals surface area contributed by atoms with Crippen LogP contribution >= 0.6 is 0 Å². The number of hydrogen-bond donors (Lipinski definition) is 1. The molecule has 2 heterocycles. The zero-order valence-corrected chi connectivity index (χ0v) is 8.88. The third-order valence-electron chi connectivity index (χ3n) is 3.10. The lowest BCUT2D eigenvalue weighted by molar-refractivity contribution is -0.149. The molecule has 80 valence electrons. The van der Waals surface area contributed by atoms with E-state index in [0.29, 0.717) is 13.0 Å². The Kier molecular flexibility index (Phi) is 1.91. The largest absolute Gasteiger partial charge is 0.333 e. The number of likely N-dealkylation sites (tertiary alicyclic amines) is 1. The van der Waals surface area contributed by atoms with E-state index in [1.807, 2.05) is 6.92 Å². The van der Waals surface area contributed by atoms with Gasteiger partial charge in [-0.15, -0.1) is 0 Å². The molecule has 6 heteroatoms. The van der Waals surface area contributed by atoms with Crippen molar-refractivity contribution in [3.05, 3.63) is 0 Å². The molecule has 2 N–H and O–H groups in total. The topological polar surface area (TPSA) is 80.5 Å². The molecule has 2 aliphatic heterocycles. The predicted molar refractivity (Wildman–Crippen MR) is 51.4 cm³/mol. The molecule has 2 fully saturated rings. The molecular weight excluding hydrogens is 204 g/mol. The Balaban J connectivity index is 2.16. The van der Waals surface area contributed by atoms with Gasteiger partial charge in [-0.2, -0.15) is 0 Å². The third-order valence-corrected chi connectivity index (χ3v) is 4.98. The first kappa shape index (κ1) is 9.92. The molecule has 0 radical (unpaired) electrons. The number of β-lactam (4-membered cyclic amide) rings is 1. The molecular formula is C8H14N2O3S. The van der Waals surface area contributed by atoms with E-state index < -0.39 is 21.4 Å². The van der Waals surface area contributed by atoms with Crippen LogP contribution in [-0.2, 0) is 14.6 Å². The highest BCUT2D eigenvalue weighted by molar-refractivity contribution is 7.91. The molecule has 2 atom stereocenters. The average molecular weight is 218 g/mol. The summed E-state index contributed by atoms with van der Waals surface area (Å²) in [7, 11) is -2.95. The normalized spacial score (nSPS) is 41.1. The van der Waals surface area contributed by atoms with Crippen molar-refractivity contribution in [2.24, 2.45) is 5.73 Å². The van der Waals surface area contributed by atoms with Gasteiger partial charge in [0.05, 0.1) is 17.0 Å². The Hall–Kier alpha value is -0.620. The number of amides is 1. The van der Waals surface area contributed by atoms with E-state index >= 15 is 0 Å². The fourth-order valence-electron chi connectivity index (χ4n) is 2.15. The van der Waals surface area contributed by atoms with Gasteiger partial charge in [0.25, 0.3) is 0 Å². The van der Waals surface area contributed by atoms with Gasteiger partial charge in [0.1, 0.15) is 6.04 Å². The maximum atomic E-state index is 11.4. The Bertz CT molecular complexity index is 378. The molecule has 5 nitrogen and oxygen atoms in total. The molecule has 2 rings (SSSR count). The van der Waals surface area contributed by atoms with Gasteiger partial charge in [-0.1, -0.05) is 0 Å². The van der Waals surface area contributed by atoms with E-state index in [-0.39, 0.29) is 17.4 Å². The van der Waals surface area contributed by atoms with Crippen molar-refractivity contribution in [1.82, 2.24) is 4.90 Å². The smallest absolute Gasteiger partial charge is 0.241 e. The van der Waals surface area contributed by atoms with Crippen LogP contribution in [0.5, 0.6) is 0 Å². The van der Waals surface area contributed by atoms with Crippen molar-refractivity contribution in [3.63, 3.8) is 0 Å². The Morgan fingerprint density at radius 1 is 1.57 bits per heavy atom. The molecule has 0 aliphatic carbocycles. The summed E-state index contributed by atoms with van der Waals surface area (Å²) in [5.41, 5.74) is 4.96. The zero-order chi connectivity index (χ0) is 10.6. The minimum absolute atomic E-state index is 0.0818. The summed E-state index contributed by atoms with van der Waals surface area (Å²) in [6, 6.07) is -0.421. The summed E-state index contributed by atoms with van der Waals surface area (Å²) >= 11 is 0. The third kappa shape index (κ3) is 1.33. The van der Waals surface area contributed by atoms with Crippen LogP contribution in [0.2, 0.25) is 0 Å². The van der Waals surface area contributed by atoms with Crippen LogP contribution in [0.3, 0.4) is 0 Å². The molecule has 0 saturated carbocycles. The number of nitrogens with zero attached hydrogens (tertiary/aromatic N) is 1. The van der Waals surface area contributed by atoms with Gasteiger partial charge >= 0.3 is 0 Å². The van der Waals surface area contributed by atoms with Gasteiger partial charge in [0, 0.05) is 6.54 Å². The van der Waals surface area contributed by atoms with Crippen LogP contribution in [0.15, 0.2) is 0 Å². The van der Waals surface area contributed by atoms with Crippen molar-refractivity contribution in [2.75, 3.05) is 18.1 Å². The van der Waals surface area contributed by atoms with Crippen LogP contribution < -0.4 is 5.73 Å². The highest BCUT2D eigenvalue weighted by Crippen LogP contribution is 2.32. The molecule has 1 amide bonds. The first-order valence-corrected chi connectivity index (χ1v) is 6.44. The lowest BCUT2D eigenvalue weighted by Crippen LogP contribution is -2.68. The van der Waals surface area contributed by atoms with Gasteiger partial charge in [0.15, 0.2) is 9.84 Å². The Morgan fingerprint density at radius 2 is 2.21 bits per heavy atom. The maximum absolute atomic E-state index is 11.4. The molecule has 0 bridgehead atoms. The second-order valence-electron chi connectivity index (χ2n) is 4.39. The maximum Gasteiger partial charge on any atom is 0.241 e. The van der Waals surface area contributed by atoms with Crippen LogP contribution in [0, 0.1) is 0 Å². The molecule has 2 unspecified atom stereocenters. The van der Waals surface area contributed by atoms with Crippen molar-refractivity contribution in [2.45, 2.75) is 24.9 Å². The molecule has 2 saturated heterocycles. The summed E-state index contributed by atoms with van der Waals surface area (Å²) in [6.07, 6.45) is 0.536. The number of sulfone groups is 1. The van der Waals surface area contributed by atoms with Crippen LogP contribution in [-0.4, -0.2) is 48.9 Å². The van der Waals surface area contributed by atoms with E-state index in [1.54, 1.807) is 4.90 Å². The molecule has 0 aromatic rings. The second-order valence-corrected chi connectivity index (χ2v) is 6.58. The van der Waals surface area contributed by atoms with Crippen LogP contribution in [0.25, 0.3) is 0 Å². The van der Waals surface area contributed by atoms with Gasteiger partial charge in [-0.3, -0.25) is 4.79 Å². The standard InChI is InChI=1S/C8H14N2O3S/c1-8(2-3-14(12,13)5-8)10-4-6(9)7(10)11/h6H,2-5,9H2,1H3. The fraction of sp³-hybridized carbons (Fsp3) is 0.875. The molecule has 0 spiro atoms. The summed E-state index contributed by atoms with van der Waals surface area (Å²) < 4.78 is 22.6. The van der Waals surface area contributed by atoms with E-state index in [0.717, 1.165) is 0 Å². The molecule has 14 heavy (non-hydrogen) atoms. The van der Waals surface area contributed by atoms with Crippen LogP contribution in [0.4, 0.5) is 0 Å². The van der Waals surface area contributed by atoms with Crippen molar-refractivity contribution in [1.29, 1.82) is 0 Å². The van der Waals surface area contributed by atoms with Gasteiger partial charge in [-0.05, 0) is 13.3 Å². The SMILES string of the molecule is CC1(N2CC(N)C2=O)CCS(=O)(=O)C1. The van der Waals surface area contributed by atoms with Gasteiger partial charge < -0.3 is 10.6 Å². The highest BCUT2D eigenvalue weighted by Gasteiger charge is 2.50. The lowest BCUT2D eigenvalue weighted by atomic mass is 9.93. The first-order chi connectivity index (χ1) is 6.34. The number of carbonyl (C=O) groups is 1. The summed E-state index contributed by atoms with van der Waals surface area (Å²) in [6.45, 7) is 2.31. The summed E-state index contributed by atoms with van der Waals surface area (Å²) in [5, 5.41) is 0.